The number of benzene rings is 1. The summed E-state index contributed by atoms with van der Waals surface area (Å²) in [6.07, 6.45) is 0. The van der Waals surface area contributed by atoms with Crippen LogP contribution in [0.25, 0.3) is 0 Å². The topological polar surface area (TPSA) is 85.4 Å². The number of piperazine rings is 1. The summed E-state index contributed by atoms with van der Waals surface area (Å²) >= 11 is 0. The third kappa shape index (κ3) is 4.89. The van der Waals surface area contributed by atoms with Gasteiger partial charge in [0.1, 0.15) is 5.76 Å². The Bertz CT molecular complexity index is 772. The molecule has 130 valence electrons. The Morgan fingerprint density at radius 1 is 1.28 bits per heavy atom. The molecule has 3 rings (SSSR count). The number of aromatic nitrogens is 1. The Morgan fingerprint density at radius 2 is 2.04 bits per heavy atom. The Kier molecular flexibility index (Phi) is 5.43. The molecule has 1 N–H and O–H groups in total. The number of rotatable bonds is 5. The molecule has 0 radical (unpaired) electrons. The van der Waals surface area contributed by atoms with Gasteiger partial charge in [0.2, 0.25) is 5.91 Å². The summed E-state index contributed by atoms with van der Waals surface area (Å²) in [4.78, 5) is 16.5. The fourth-order valence-electron chi connectivity index (χ4n) is 2.91. The zero-order chi connectivity index (χ0) is 17.6. The minimum absolute atomic E-state index is 0.0801. The zero-order valence-electron chi connectivity index (χ0n) is 14.2. The molecule has 0 spiro atoms. The van der Waals surface area contributed by atoms with E-state index in [2.05, 4.69) is 26.3 Å². The van der Waals surface area contributed by atoms with E-state index in [1.807, 2.05) is 24.3 Å². The van der Waals surface area contributed by atoms with Crippen molar-refractivity contribution in [2.24, 2.45) is 0 Å². The van der Waals surface area contributed by atoms with Crippen molar-refractivity contribution in [1.82, 2.24) is 15.0 Å². The molecule has 7 heteroatoms. The highest BCUT2D eigenvalue weighted by Gasteiger charge is 2.19. The van der Waals surface area contributed by atoms with Crippen LogP contribution in [0.2, 0.25) is 0 Å². The van der Waals surface area contributed by atoms with Crippen LogP contribution < -0.4 is 5.32 Å². The number of nitrogens with one attached hydrogen (secondary N) is 1. The summed E-state index contributed by atoms with van der Waals surface area (Å²) in [5.74, 6) is 1.05. The number of nitrogens with zero attached hydrogens (tertiary/aromatic N) is 4. The van der Waals surface area contributed by atoms with Crippen molar-refractivity contribution in [1.29, 1.82) is 5.26 Å². The van der Waals surface area contributed by atoms with Crippen molar-refractivity contribution < 1.29 is 9.32 Å². The molecule has 1 aromatic heterocycles. The van der Waals surface area contributed by atoms with Crippen LogP contribution in [-0.2, 0) is 11.3 Å². The van der Waals surface area contributed by atoms with Crippen LogP contribution in [0.4, 0.5) is 5.82 Å². The SMILES string of the molecule is Cc1cc(NC(=O)CN2CCN(Cc3cccc(C#N)c3)CC2)no1. The van der Waals surface area contributed by atoms with Crippen LogP contribution in [0.5, 0.6) is 0 Å². The lowest BCUT2D eigenvalue weighted by Crippen LogP contribution is -2.48. The van der Waals surface area contributed by atoms with E-state index in [4.69, 9.17) is 9.78 Å². The van der Waals surface area contributed by atoms with Crippen LogP contribution >= 0.6 is 0 Å². The number of carbonyl (C=O) groups is 1. The highest BCUT2D eigenvalue weighted by molar-refractivity contribution is 5.91. The Hall–Kier alpha value is -2.69. The van der Waals surface area contributed by atoms with Crippen molar-refractivity contribution in [3.63, 3.8) is 0 Å². The number of anilines is 1. The first kappa shape index (κ1) is 17.1. The van der Waals surface area contributed by atoms with Gasteiger partial charge in [-0.2, -0.15) is 5.26 Å². The average molecular weight is 339 g/mol. The number of hydrogen-bond acceptors (Lipinski definition) is 6. The van der Waals surface area contributed by atoms with E-state index >= 15 is 0 Å². The summed E-state index contributed by atoms with van der Waals surface area (Å²) in [6.45, 7) is 6.43. The van der Waals surface area contributed by atoms with Crippen molar-refractivity contribution in [3.05, 3.63) is 47.2 Å². The molecule has 2 aromatic rings. The van der Waals surface area contributed by atoms with E-state index in [9.17, 15) is 4.79 Å². The summed E-state index contributed by atoms with van der Waals surface area (Å²) in [7, 11) is 0. The van der Waals surface area contributed by atoms with Gasteiger partial charge in [0, 0.05) is 38.8 Å². The molecule has 25 heavy (non-hydrogen) atoms. The monoisotopic (exact) mass is 339 g/mol. The van der Waals surface area contributed by atoms with E-state index in [0.29, 0.717) is 23.7 Å². The van der Waals surface area contributed by atoms with E-state index in [0.717, 1.165) is 38.3 Å². The van der Waals surface area contributed by atoms with Gasteiger partial charge < -0.3 is 9.84 Å². The van der Waals surface area contributed by atoms with Gasteiger partial charge in [0.25, 0.3) is 0 Å². The lowest BCUT2D eigenvalue weighted by Gasteiger charge is -2.34. The predicted octanol–water partition coefficient (Wildman–Crippen LogP) is 1.61. The third-order valence-electron chi connectivity index (χ3n) is 4.19. The molecule has 0 atom stereocenters. The average Bonchev–Trinajstić information content (AvgIpc) is 3.01. The molecule has 7 nitrogen and oxygen atoms in total. The number of aryl methyl sites for hydroxylation is 1. The minimum Gasteiger partial charge on any atom is -0.360 e. The molecule has 0 bridgehead atoms. The first-order valence-corrected chi connectivity index (χ1v) is 8.29. The molecule has 2 heterocycles. The maximum atomic E-state index is 12.1. The molecule has 1 fully saturated rings. The van der Waals surface area contributed by atoms with Gasteiger partial charge in [0.15, 0.2) is 5.82 Å². The van der Waals surface area contributed by atoms with Gasteiger partial charge in [-0.05, 0) is 24.6 Å². The first-order chi connectivity index (χ1) is 12.1. The number of carbonyl (C=O) groups excluding carboxylic acids is 1. The number of amides is 1. The summed E-state index contributed by atoms with van der Waals surface area (Å²) in [5, 5.41) is 15.5. The molecule has 1 saturated heterocycles. The van der Waals surface area contributed by atoms with E-state index in [1.165, 1.54) is 0 Å². The van der Waals surface area contributed by atoms with Crippen molar-refractivity contribution in [2.75, 3.05) is 38.0 Å². The smallest absolute Gasteiger partial charge is 0.239 e. The maximum Gasteiger partial charge on any atom is 0.239 e. The lowest BCUT2D eigenvalue weighted by atomic mass is 10.1. The molecule has 0 aliphatic carbocycles. The van der Waals surface area contributed by atoms with Crippen molar-refractivity contribution in [2.45, 2.75) is 13.5 Å². The fourth-order valence-corrected chi connectivity index (χ4v) is 2.91. The van der Waals surface area contributed by atoms with Gasteiger partial charge in [-0.1, -0.05) is 17.3 Å². The van der Waals surface area contributed by atoms with Crippen LogP contribution in [-0.4, -0.2) is 53.6 Å². The molecule has 1 aliphatic rings. The van der Waals surface area contributed by atoms with Gasteiger partial charge in [-0.25, -0.2) is 0 Å². The largest absolute Gasteiger partial charge is 0.360 e. The van der Waals surface area contributed by atoms with Gasteiger partial charge >= 0.3 is 0 Å². The third-order valence-corrected chi connectivity index (χ3v) is 4.19. The van der Waals surface area contributed by atoms with Gasteiger partial charge in [0.05, 0.1) is 18.2 Å². The highest BCUT2D eigenvalue weighted by Crippen LogP contribution is 2.11. The lowest BCUT2D eigenvalue weighted by molar-refractivity contribution is -0.117. The van der Waals surface area contributed by atoms with E-state index in [-0.39, 0.29) is 5.91 Å². The first-order valence-electron chi connectivity index (χ1n) is 8.29. The van der Waals surface area contributed by atoms with Gasteiger partial charge in [-0.3, -0.25) is 14.6 Å². The Balaban J connectivity index is 1.43. The fraction of sp³-hybridized carbons (Fsp3) is 0.389. The second-order valence-corrected chi connectivity index (χ2v) is 6.24. The second kappa shape index (κ2) is 7.92. The molecule has 0 unspecified atom stereocenters. The standard InChI is InChI=1S/C18H21N5O2/c1-14-9-17(21-25-14)20-18(24)13-23-7-5-22(6-8-23)12-16-4-2-3-15(10-16)11-19/h2-4,9-10H,5-8,12-13H2,1H3,(H,20,21,24). The quantitative estimate of drug-likeness (QED) is 0.891. The summed E-state index contributed by atoms with van der Waals surface area (Å²) in [5.41, 5.74) is 1.84. The molecule has 0 saturated carbocycles. The zero-order valence-corrected chi connectivity index (χ0v) is 14.2. The molecular formula is C18H21N5O2. The van der Waals surface area contributed by atoms with Crippen LogP contribution in [0, 0.1) is 18.3 Å². The van der Waals surface area contributed by atoms with Crippen LogP contribution in [0.15, 0.2) is 34.9 Å². The summed E-state index contributed by atoms with van der Waals surface area (Å²) < 4.78 is 4.94. The molecular weight excluding hydrogens is 318 g/mol. The minimum atomic E-state index is -0.0801. The van der Waals surface area contributed by atoms with Crippen molar-refractivity contribution >= 4 is 11.7 Å². The van der Waals surface area contributed by atoms with Gasteiger partial charge in [-0.15, -0.1) is 0 Å². The predicted molar refractivity (Wildman–Crippen MR) is 92.7 cm³/mol. The van der Waals surface area contributed by atoms with E-state index in [1.54, 1.807) is 13.0 Å². The second-order valence-electron chi connectivity index (χ2n) is 6.24. The Morgan fingerprint density at radius 3 is 2.72 bits per heavy atom. The highest BCUT2D eigenvalue weighted by atomic mass is 16.5. The number of nitriles is 1. The molecule has 1 amide bonds. The molecule has 1 aliphatic heterocycles. The number of hydrogen-bond donors (Lipinski definition) is 1. The van der Waals surface area contributed by atoms with E-state index < -0.39 is 0 Å². The van der Waals surface area contributed by atoms with Crippen LogP contribution in [0.1, 0.15) is 16.9 Å². The summed E-state index contributed by atoms with van der Waals surface area (Å²) in [6, 6.07) is 11.6. The van der Waals surface area contributed by atoms with Crippen LogP contribution in [0.3, 0.4) is 0 Å². The Labute approximate surface area is 146 Å². The van der Waals surface area contributed by atoms with Crippen molar-refractivity contribution in [3.8, 4) is 6.07 Å². The normalized spacial score (nSPS) is 15.7. The molecule has 1 aromatic carbocycles. The maximum absolute atomic E-state index is 12.1.